The predicted molar refractivity (Wildman–Crippen MR) is 131 cm³/mol. The highest BCUT2D eigenvalue weighted by Gasteiger charge is 2.31. The first-order valence-electron chi connectivity index (χ1n) is 11.2. The summed E-state index contributed by atoms with van der Waals surface area (Å²) in [7, 11) is 1.25. The number of nitrogens with zero attached hydrogens (tertiary/aromatic N) is 4. The molecule has 0 radical (unpaired) electrons. The Morgan fingerprint density at radius 2 is 1.89 bits per heavy atom. The van der Waals surface area contributed by atoms with E-state index in [4.69, 9.17) is 10.1 Å². The number of rotatable bonds is 5. The quantitative estimate of drug-likeness (QED) is 0.479. The number of amides is 1. The number of nitrogens with one attached hydrogen (secondary N) is 1. The van der Waals surface area contributed by atoms with Crippen LogP contribution in [0.5, 0.6) is 0 Å². The molecule has 0 saturated heterocycles. The second-order valence-electron chi connectivity index (χ2n) is 8.41. The molecule has 4 rings (SSSR count). The highest BCUT2D eigenvalue weighted by molar-refractivity contribution is 5.94. The summed E-state index contributed by atoms with van der Waals surface area (Å²) in [4.78, 5) is 37.1. The molecule has 2 aromatic carbocycles. The van der Waals surface area contributed by atoms with E-state index in [0.717, 1.165) is 22.9 Å². The highest BCUT2D eigenvalue weighted by atomic mass is 35.5. The molecule has 0 bridgehead atoms. The van der Waals surface area contributed by atoms with Crippen LogP contribution in [0.4, 0.5) is 23.5 Å². The maximum absolute atomic E-state index is 14.4. The van der Waals surface area contributed by atoms with Gasteiger partial charge >= 0.3 is 6.18 Å². The van der Waals surface area contributed by atoms with Crippen LogP contribution in [0.2, 0.25) is 0 Å². The molecule has 1 aromatic heterocycles. The SMILES string of the molecule is COn1c(NC(C)c2ccc(C(F)(F)F)cc2)nc2c(c1=O)CN(C(=O)c1ccc(C#N)cc1F)CC2.Cl. The van der Waals surface area contributed by atoms with Crippen molar-refractivity contribution in [3.63, 3.8) is 0 Å². The molecular formula is C25H22ClF4N5O3. The van der Waals surface area contributed by atoms with E-state index < -0.39 is 35.1 Å². The number of nitriles is 1. The first-order valence-corrected chi connectivity index (χ1v) is 11.2. The van der Waals surface area contributed by atoms with Crippen molar-refractivity contribution in [1.82, 2.24) is 14.6 Å². The molecule has 200 valence electrons. The number of halogens is 5. The van der Waals surface area contributed by atoms with Gasteiger partial charge < -0.3 is 15.1 Å². The Labute approximate surface area is 220 Å². The lowest BCUT2D eigenvalue weighted by molar-refractivity contribution is -0.137. The van der Waals surface area contributed by atoms with Crippen LogP contribution in [0.1, 0.15) is 51.3 Å². The summed E-state index contributed by atoms with van der Waals surface area (Å²) in [5.74, 6) is -1.41. The third-order valence-electron chi connectivity index (χ3n) is 6.07. The molecule has 1 aliphatic rings. The maximum atomic E-state index is 14.4. The largest absolute Gasteiger partial charge is 0.416 e. The van der Waals surface area contributed by atoms with Crippen LogP contribution >= 0.6 is 12.4 Å². The molecule has 1 unspecified atom stereocenters. The second kappa shape index (κ2) is 11.1. The molecule has 38 heavy (non-hydrogen) atoms. The van der Waals surface area contributed by atoms with Crippen molar-refractivity contribution in [2.24, 2.45) is 0 Å². The fourth-order valence-electron chi connectivity index (χ4n) is 4.06. The molecule has 13 heteroatoms. The minimum Gasteiger partial charge on any atom is -0.411 e. The minimum atomic E-state index is -4.45. The van der Waals surface area contributed by atoms with Crippen molar-refractivity contribution in [2.75, 3.05) is 19.0 Å². The molecule has 0 aliphatic carbocycles. The van der Waals surface area contributed by atoms with E-state index in [-0.39, 0.29) is 54.6 Å². The van der Waals surface area contributed by atoms with Gasteiger partial charge in [0.25, 0.3) is 11.5 Å². The summed E-state index contributed by atoms with van der Waals surface area (Å²) in [6, 6.07) is 9.43. The smallest absolute Gasteiger partial charge is 0.411 e. The molecule has 8 nitrogen and oxygen atoms in total. The van der Waals surface area contributed by atoms with Gasteiger partial charge in [-0.1, -0.05) is 12.1 Å². The zero-order valence-electron chi connectivity index (χ0n) is 20.2. The van der Waals surface area contributed by atoms with Gasteiger partial charge in [0, 0.05) is 13.0 Å². The Hall–Kier alpha value is -4.11. The summed E-state index contributed by atoms with van der Waals surface area (Å²) in [6.07, 6.45) is -4.24. The van der Waals surface area contributed by atoms with Gasteiger partial charge in [-0.05, 0) is 42.8 Å². The van der Waals surface area contributed by atoms with Crippen LogP contribution in [0.3, 0.4) is 0 Å². The molecule has 0 spiro atoms. The molecular weight excluding hydrogens is 530 g/mol. The average Bonchev–Trinajstić information content (AvgIpc) is 2.88. The van der Waals surface area contributed by atoms with E-state index in [1.165, 1.54) is 36.3 Å². The van der Waals surface area contributed by atoms with Crippen LogP contribution in [0.15, 0.2) is 47.3 Å². The van der Waals surface area contributed by atoms with Crippen LogP contribution < -0.4 is 15.7 Å². The van der Waals surface area contributed by atoms with Crippen molar-refractivity contribution in [3.8, 4) is 6.07 Å². The van der Waals surface area contributed by atoms with E-state index in [9.17, 15) is 27.2 Å². The van der Waals surface area contributed by atoms with Gasteiger partial charge in [-0.3, -0.25) is 9.59 Å². The van der Waals surface area contributed by atoms with Crippen molar-refractivity contribution >= 4 is 24.3 Å². The fourth-order valence-corrected chi connectivity index (χ4v) is 4.06. The van der Waals surface area contributed by atoms with E-state index >= 15 is 0 Å². The first-order chi connectivity index (χ1) is 17.5. The van der Waals surface area contributed by atoms with Crippen LogP contribution in [-0.2, 0) is 19.1 Å². The van der Waals surface area contributed by atoms with E-state index in [1.54, 1.807) is 13.0 Å². The molecule has 1 aliphatic heterocycles. The Morgan fingerprint density at radius 3 is 2.47 bits per heavy atom. The number of anilines is 1. The molecule has 0 saturated carbocycles. The lowest BCUT2D eigenvalue weighted by Gasteiger charge is -2.29. The number of benzene rings is 2. The van der Waals surface area contributed by atoms with Gasteiger partial charge in [-0.25, -0.2) is 9.37 Å². The second-order valence-corrected chi connectivity index (χ2v) is 8.41. The minimum absolute atomic E-state index is 0. The Bertz CT molecular complexity index is 1450. The lowest BCUT2D eigenvalue weighted by atomic mass is 10.0. The Morgan fingerprint density at radius 1 is 1.21 bits per heavy atom. The number of aromatic nitrogens is 2. The number of hydrogen-bond donors (Lipinski definition) is 1. The van der Waals surface area contributed by atoms with Gasteiger partial charge in [0.1, 0.15) is 12.9 Å². The normalized spacial score (nSPS) is 13.6. The number of carbonyl (C=O) groups is 1. The van der Waals surface area contributed by atoms with Crippen LogP contribution in [0, 0.1) is 17.1 Å². The van der Waals surface area contributed by atoms with Gasteiger partial charge in [0.15, 0.2) is 0 Å². The third-order valence-corrected chi connectivity index (χ3v) is 6.07. The molecule has 2 heterocycles. The number of alkyl halides is 3. The van der Waals surface area contributed by atoms with Crippen molar-refractivity contribution in [1.29, 1.82) is 5.26 Å². The van der Waals surface area contributed by atoms with E-state index in [1.807, 2.05) is 0 Å². The first kappa shape index (κ1) is 28.5. The number of carbonyl (C=O) groups excluding carboxylic acids is 1. The summed E-state index contributed by atoms with van der Waals surface area (Å²) >= 11 is 0. The molecule has 1 amide bonds. The molecule has 3 aromatic rings. The van der Waals surface area contributed by atoms with E-state index in [0.29, 0.717) is 11.3 Å². The third kappa shape index (κ3) is 5.57. The molecule has 0 fully saturated rings. The molecule has 1 N–H and O–H groups in total. The summed E-state index contributed by atoms with van der Waals surface area (Å²) in [6.45, 7) is 1.74. The maximum Gasteiger partial charge on any atom is 0.416 e. The summed E-state index contributed by atoms with van der Waals surface area (Å²) in [5.41, 5.74) is -0.338. The summed E-state index contributed by atoms with van der Waals surface area (Å²) in [5, 5.41) is 11.9. The van der Waals surface area contributed by atoms with Gasteiger partial charge in [0.2, 0.25) is 5.95 Å². The average molecular weight is 552 g/mol. The topological polar surface area (TPSA) is 100 Å². The zero-order chi connectivity index (χ0) is 26.9. The standard InChI is InChI=1S/C25H21F4N5O3.ClH/c1-14(16-4-6-17(7-5-16)25(27,28)29)31-24-32-21-9-10-33(13-19(21)23(36)34(24)37-2)22(35)18-8-3-15(12-30)11-20(18)26;/h3-8,11,14H,9-10,13H2,1-2H3,(H,31,32);1H. The van der Waals surface area contributed by atoms with Crippen LogP contribution in [-0.4, -0.2) is 34.2 Å². The lowest BCUT2D eigenvalue weighted by Crippen LogP contribution is -2.42. The Balaban J connectivity index is 0.00000400. The van der Waals surface area contributed by atoms with Gasteiger partial charge in [-0.15, -0.1) is 17.1 Å². The predicted octanol–water partition coefficient (Wildman–Crippen LogP) is 4.12. The highest BCUT2D eigenvalue weighted by Crippen LogP contribution is 2.30. The van der Waals surface area contributed by atoms with Crippen molar-refractivity contribution in [3.05, 3.63) is 92.1 Å². The van der Waals surface area contributed by atoms with Crippen LogP contribution in [0.25, 0.3) is 0 Å². The zero-order valence-corrected chi connectivity index (χ0v) is 21.0. The Kier molecular flexibility index (Phi) is 8.31. The van der Waals surface area contributed by atoms with E-state index in [2.05, 4.69) is 10.3 Å². The number of fused-ring (bicyclic) bond motifs is 1. The summed E-state index contributed by atoms with van der Waals surface area (Å²) < 4.78 is 53.9. The van der Waals surface area contributed by atoms with Gasteiger partial charge in [-0.2, -0.15) is 18.4 Å². The number of hydrogen-bond acceptors (Lipinski definition) is 6. The molecule has 1 atom stereocenters. The van der Waals surface area contributed by atoms with Gasteiger partial charge in [0.05, 0.1) is 46.6 Å². The van der Waals surface area contributed by atoms with Crippen molar-refractivity contribution in [2.45, 2.75) is 32.1 Å². The van der Waals surface area contributed by atoms with Crippen molar-refractivity contribution < 1.29 is 27.2 Å². The fraction of sp³-hybridized carbons (Fsp3) is 0.280. The monoisotopic (exact) mass is 551 g/mol.